The van der Waals surface area contributed by atoms with Crippen molar-refractivity contribution in [2.45, 2.75) is 45.1 Å². The summed E-state index contributed by atoms with van der Waals surface area (Å²) in [5.41, 5.74) is 1.04. The molecule has 1 aromatic carbocycles. The summed E-state index contributed by atoms with van der Waals surface area (Å²) in [4.78, 5) is 24.4. The number of hydrogen-bond acceptors (Lipinski definition) is 4. The Labute approximate surface area is 190 Å². The van der Waals surface area contributed by atoms with Crippen LogP contribution in [0.3, 0.4) is 0 Å². The van der Waals surface area contributed by atoms with Crippen molar-refractivity contribution >= 4 is 29.2 Å². The lowest BCUT2D eigenvalue weighted by atomic mass is 9.56. The smallest absolute Gasteiger partial charge is 0.341 e. The third-order valence-electron chi connectivity index (χ3n) is 6.19. The van der Waals surface area contributed by atoms with Crippen molar-refractivity contribution in [1.29, 1.82) is 0 Å². The van der Waals surface area contributed by atoms with Gasteiger partial charge in [-0.1, -0.05) is 37.0 Å². The van der Waals surface area contributed by atoms with Crippen LogP contribution in [0.25, 0.3) is 11.3 Å². The summed E-state index contributed by atoms with van der Waals surface area (Å²) >= 11 is 13.0. The van der Waals surface area contributed by atoms with Gasteiger partial charge >= 0.3 is 5.97 Å². The van der Waals surface area contributed by atoms with Crippen LogP contribution in [0.1, 0.15) is 49.0 Å². The molecule has 0 unspecified atom stereocenters. The molecule has 1 aliphatic carbocycles. The minimum Gasteiger partial charge on any atom is -0.492 e. The minimum atomic E-state index is -1.28. The molecule has 6 nitrogen and oxygen atoms in total. The normalized spacial score (nSPS) is 17.6. The molecule has 1 aliphatic heterocycles. The molecular formula is C23H25Cl2NO5. The van der Waals surface area contributed by atoms with Crippen LogP contribution in [-0.4, -0.2) is 36.0 Å². The van der Waals surface area contributed by atoms with E-state index in [1.807, 2.05) is 10.6 Å². The molecule has 0 atom stereocenters. The Hall–Kier alpha value is -2.02. The van der Waals surface area contributed by atoms with Crippen molar-refractivity contribution in [2.75, 3.05) is 20.3 Å². The summed E-state index contributed by atoms with van der Waals surface area (Å²) in [6, 6.07) is 3.68. The Morgan fingerprint density at radius 1 is 1.23 bits per heavy atom. The summed E-state index contributed by atoms with van der Waals surface area (Å²) in [7, 11) is 1.64. The van der Waals surface area contributed by atoms with E-state index in [9.17, 15) is 14.7 Å². The van der Waals surface area contributed by atoms with Gasteiger partial charge in [-0.3, -0.25) is 4.79 Å². The Bertz CT molecular complexity index is 1110. The summed E-state index contributed by atoms with van der Waals surface area (Å²) in [6.07, 6.45) is 4.56. The number of nitrogens with zero attached hydrogens (tertiary/aromatic N) is 1. The lowest BCUT2D eigenvalue weighted by molar-refractivity contribution is -0.00253. The molecule has 2 heterocycles. The monoisotopic (exact) mass is 465 g/mol. The third-order valence-corrected chi connectivity index (χ3v) is 6.84. The van der Waals surface area contributed by atoms with Gasteiger partial charge in [0, 0.05) is 37.4 Å². The molecule has 0 amide bonds. The van der Waals surface area contributed by atoms with Crippen molar-refractivity contribution in [3.8, 4) is 17.0 Å². The molecule has 1 saturated carbocycles. The summed E-state index contributed by atoms with van der Waals surface area (Å²) in [5.74, 6) is -0.695. The number of hydrogen-bond donors (Lipinski definition) is 1. The number of halogens is 2. The zero-order chi connectivity index (χ0) is 22.6. The number of carbonyl (C=O) groups is 1. The van der Waals surface area contributed by atoms with E-state index in [0.717, 1.165) is 30.4 Å². The Balaban J connectivity index is 1.86. The highest BCUT2D eigenvalue weighted by atomic mass is 35.5. The molecule has 0 bridgehead atoms. The highest BCUT2D eigenvalue weighted by Gasteiger charge is 2.53. The second-order valence-corrected chi connectivity index (χ2v) is 10.0. The number of pyridine rings is 1. The molecule has 1 spiro atoms. The van der Waals surface area contributed by atoms with Gasteiger partial charge in [-0.2, -0.15) is 0 Å². The number of carboxylic acid groups (broad SMARTS) is 1. The van der Waals surface area contributed by atoms with Gasteiger partial charge in [0.25, 0.3) is 0 Å². The van der Waals surface area contributed by atoms with E-state index in [4.69, 9.17) is 32.7 Å². The van der Waals surface area contributed by atoms with Gasteiger partial charge < -0.3 is 19.1 Å². The summed E-state index contributed by atoms with van der Waals surface area (Å²) in [5, 5.41) is 9.86. The van der Waals surface area contributed by atoms with Crippen LogP contribution in [0.2, 0.25) is 10.0 Å². The van der Waals surface area contributed by atoms with Crippen molar-refractivity contribution in [1.82, 2.24) is 4.57 Å². The van der Waals surface area contributed by atoms with Gasteiger partial charge in [-0.15, -0.1) is 0 Å². The van der Waals surface area contributed by atoms with Crippen molar-refractivity contribution < 1.29 is 19.4 Å². The van der Waals surface area contributed by atoms with Crippen LogP contribution in [0.4, 0.5) is 0 Å². The van der Waals surface area contributed by atoms with Gasteiger partial charge in [0.2, 0.25) is 5.43 Å². The first-order valence-corrected chi connectivity index (χ1v) is 11.0. The Kier molecular flexibility index (Phi) is 5.61. The number of aromatic carboxylic acids is 1. The van der Waals surface area contributed by atoms with E-state index in [1.54, 1.807) is 13.2 Å². The fourth-order valence-corrected chi connectivity index (χ4v) is 5.79. The summed E-state index contributed by atoms with van der Waals surface area (Å²) in [6.45, 7) is 5.44. The van der Waals surface area contributed by atoms with Crippen molar-refractivity contribution in [3.63, 3.8) is 0 Å². The fourth-order valence-electron chi connectivity index (χ4n) is 5.28. The van der Waals surface area contributed by atoms with Gasteiger partial charge in [-0.05, 0) is 42.4 Å². The second-order valence-electron chi connectivity index (χ2n) is 9.26. The second kappa shape index (κ2) is 7.84. The van der Waals surface area contributed by atoms with Crippen LogP contribution in [0.15, 0.2) is 23.1 Å². The molecule has 2 aromatic rings. The topological polar surface area (TPSA) is 77.8 Å². The molecule has 1 fully saturated rings. The quantitative estimate of drug-likeness (QED) is 0.606. The van der Waals surface area contributed by atoms with Crippen LogP contribution in [0.5, 0.6) is 5.75 Å². The zero-order valence-electron chi connectivity index (χ0n) is 17.8. The van der Waals surface area contributed by atoms with Crippen LogP contribution >= 0.6 is 23.2 Å². The Morgan fingerprint density at radius 3 is 2.55 bits per heavy atom. The third kappa shape index (κ3) is 3.75. The average Bonchev–Trinajstić information content (AvgIpc) is 2.67. The number of benzene rings is 1. The molecule has 0 radical (unpaired) electrons. The van der Waals surface area contributed by atoms with E-state index in [-0.39, 0.29) is 21.5 Å². The van der Waals surface area contributed by atoms with Gasteiger partial charge in [0.05, 0.1) is 17.3 Å². The summed E-state index contributed by atoms with van der Waals surface area (Å²) < 4.78 is 12.8. The first-order valence-electron chi connectivity index (χ1n) is 10.2. The number of ether oxygens (including phenoxy) is 2. The molecule has 2 aliphatic rings. The molecule has 31 heavy (non-hydrogen) atoms. The molecule has 0 saturated heterocycles. The lowest BCUT2D eigenvalue weighted by Crippen LogP contribution is -2.54. The minimum absolute atomic E-state index is 0.0882. The molecular weight excluding hydrogens is 441 g/mol. The SMILES string of the molecule is COCCCOc1cc2c(cc1Cl)-c1c(Cl)c(=O)c(C(=O)O)cn1C1(C2)CC(C)(C)C1. The number of aromatic nitrogens is 1. The van der Waals surface area contributed by atoms with Gasteiger partial charge in [-0.25, -0.2) is 4.79 Å². The molecule has 166 valence electrons. The molecule has 8 heteroatoms. The van der Waals surface area contributed by atoms with E-state index in [0.29, 0.717) is 36.1 Å². The maximum absolute atomic E-state index is 12.7. The van der Waals surface area contributed by atoms with Gasteiger partial charge in [0.1, 0.15) is 16.3 Å². The van der Waals surface area contributed by atoms with Crippen LogP contribution < -0.4 is 10.2 Å². The maximum atomic E-state index is 12.7. The highest BCUT2D eigenvalue weighted by Crippen LogP contribution is 2.58. The van der Waals surface area contributed by atoms with Crippen LogP contribution in [0, 0.1) is 5.41 Å². The predicted octanol–water partition coefficient (Wildman–Crippen LogP) is 5.01. The van der Waals surface area contributed by atoms with E-state index >= 15 is 0 Å². The maximum Gasteiger partial charge on any atom is 0.341 e. The molecule has 1 N–H and O–H groups in total. The first kappa shape index (κ1) is 22.2. The first-order chi connectivity index (χ1) is 14.6. The van der Waals surface area contributed by atoms with Gasteiger partial charge in [0.15, 0.2) is 0 Å². The molecule has 1 aromatic heterocycles. The number of carboxylic acids is 1. The van der Waals surface area contributed by atoms with E-state index < -0.39 is 11.4 Å². The van der Waals surface area contributed by atoms with E-state index in [2.05, 4.69) is 13.8 Å². The van der Waals surface area contributed by atoms with Crippen LogP contribution in [-0.2, 0) is 16.7 Å². The number of rotatable bonds is 6. The van der Waals surface area contributed by atoms with E-state index in [1.165, 1.54) is 6.20 Å². The largest absolute Gasteiger partial charge is 0.492 e. The highest BCUT2D eigenvalue weighted by molar-refractivity contribution is 6.34. The molecule has 4 rings (SSSR count). The van der Waals surface area contributed by atoms with Crippen molar-refractivity contribution in [2.24, 2.45) is 5.41 Å². The van der Waals surface area contributed by atoms with Crippen molar-refractivity contribution in [3.05, 3.63) is 49.7 Å². The fraction of sp³-hybridized carbons (Fsp3) is 0.478. The Morgan fingerprint density at radius 2 is 1.94 bits per heavy atom. The average molecular weight is 466 g/mol. The number of methoxy groups -OCH3 is 1. The number of fused-ring (bicyclic) bond motifs is 4. The zero-order valence-corrected chi connectivity index (χ0v) is 19.3. The lowest BCUT2D eigenvalue weighted by Gasteiger charge is -2.57. The standard InChI is InChI=1S/C23H25Cl2NO5/c1-22(2)11-23(12-22)9-13-7-17(31-6-4-5-30-3)16(24)8-14(13)19-18(25)20(27)15(21(28)29)10-26(19)23/h7-8,10H,4-6,9,11-12H2,1-3H3,(H,28,29). The predicted molar refractivity (Wildman–Crippen MR) is 120 cm³/mol.